The SMILES string of the molecule is CC(=O)CCCCC(=O)NC(C)(C)COCC(C)(C)CNC(=O)COc1cc(CN(Cc2cccc(C(=O)O)n2)Cc2cccc(C(=O)O)n2)nc(CN(Cc2cccc(C(=O)O)n2)Cc2cccc(C(=O)O)n2)c1. The van der Waals surface area contributed by atoms with Gasteiger partial charge in [-0.1, -0.05) is 38.1 Å². The van der Waals surface area contributed by atoms with E-state index in [1.165, 1.54) is 31.2 Å². The van der Waals surface area contributed by atoms with Crippen LogP contribution in [0.3, 0.4) is 0 Å². The zero-order valence-electron chi connectivity index (χ0n) is 42.6. The van der Waals surface area contributed by atoms with Crippen LogP contribution >= 0.6 is 0 Å². The van der Waals surface area contributed by atoms with Crippen LogP contribution in [0, 0.1) is 5.41 Å². The monoisotopic (exact) mass is 1030 g/mol. The lowest BCUT2D eigenvalue weighted by Gasteiger charge is -2.30. The number of aromatic nitrogens is 5. The average molecular weight is 1030 g/mol. The van der Waals surface area contributed by atoms with E-state index in [0.29, 0.717) is 59.8 Å². The normalized spacial score (nSPS) is 11.6. The molecule has 5 aromatic rings. The Morgan fingerprint density at radius 3 is 1.29 bits per heavy atom. The highest BCUT2D eigenvalue weighted by molar-refractivity contribution is 5.86. The molecule has 0 spiro atoms. The second kappa shape index (κ2) is 27.3. The number of carbonyl (C=O) groups excluding carboxylic acids is 3. The van der Waals surface area contributed by atoms with Crippen molar-refractivity contribution in [1.29, 1.82) is 0 Å². The van der Waals surface area contributed by atoms with Crippen LogP contribution in [0.2, 0.25) is 0 Å². The Kier molecular flexibility index (Phi) is 21.0. The zero-order valence-corrected chi connectivity index (χ0v) is 42.6. The summed E-state index contributed by atoms with van der Waals surface area (Å²) in [4.78, 5) is 110. The van der Waals surface area contributed by atoms with Gasteiger partial charge in [0.15, 0.2) is 6.61 Å². The highest BCUT2D eigenvalue weighted by Crippen LogP contribution is 2.22. The summed E-state index contributed by atoms with van der Waals surface area (Å²) >= 11 is 0. The van der Waals surface area contributed by atoms with Gasteiger partial charge in [-0.05, 0) is 82.1 Å². The molecule has 0 atom stereocenters. The number of carboxylic acids is 4. The first-order valence-corrected chi connectivity index (χ1v) is 24.0. The molecule has 5 rings (SSSR count). The van der Waals surface area contributed by atoms with Gasteiger partial charge in [-0.3, -0.25) is 24.4 Å². The first kappa shape index (κ1) is 57.8. The number of amides is 2. The van der Waals surface area contributed by atoms with Crippen LogP contribution in [0.15, 0.2) is 84.9 Å². The number of carbonyl (C=O) groups is 7. The summed E-state index contributed by atoms with van der Waals surface area (Å²) in [6.45, 7) is 9.59. The summed E-state index contributed by atoms with van der Waals surface area (Å²) < 4.78 is 12.2. The maximum absolute atomic E-state index is 13.4. The molecule has 0 aromatic carbocycles. The van der Waals surface area contributed by atoms with E-state index in [2.05, 4.69) is 30.6 Å². The predicted octanol–water partition coefficient (Wildman–Crippen LogP) is 5.44. The van der Waals surface area contributed by atoms with E-state index in [-0.39, 0.29) is 99.2 Å². The molecule has 0 saturated carbocycles. The summed E-state index contributed by atoms with van der Waals surface area (Å²) in [5, 5.41) is 44.6. The molecule has 5 aromatic heterocycles. The topological polar surface area (TPSA) is 314 Å². The number of hydrogen-bond donors (Lipinski definition) is 6. The summed E-state index contributed by atoms with van der Waals surface area (Å²) in [5.41, 5.74) is 0.359. The standard InChI is InChI=1S/C53H63N9O13/c1-34(63)12-6-7-21-46(64)60-53(4,5)33-74-32-52(2,3)31-54-47(65)30-75-41-22-39(28-61(24-35-13-8-17-42(56-35)48(66)67)25-36-14-9-18-43(57-36)49(68)69)55-40(23-41)29-62(26-37-15-10-19-44(58-37)50(70)71)27-38-16-11-20-45(59-38)51(72)73/h8-11,13-20,22-23H,6-7,12,21,24-33H2,1-5H3,(H,54,65)(H,60,64)(H,66,67)(H,68,69)(H,70,71)(H,72,73). The molecule has 5 heterocycles. The molecule has 0 aliphatic heterocycles. The van der Waals surface area contributed by atoms with E-state index in [1.54, 1.807) is 60.7 Å². The lowest BCUT2D eigenvalue weighted by Crippen LogP contribution is -2.48. The Bertz CT molecular complexity index is 2580. The fraction of sp³-hybridized carbons (Fsp3) is 0.396. The molecule has 6 N–H and O–H groups in total. The van der Waals surface area contributed by atoms with Gasteiger partial charge in [-0.25, -0.2) is 39.1 Å². The average Bonchev–Trinajstić information content (AvgIpc) is 3.34. The van der Waals surface area contributed by atoms with Crippen molar-refractivity contribution in [1.82, 2.24) is 45.4 Å². The Morgan fingerprint density at radius 1 is 0.520 bits per heavy atom. The van der Waals surface area contributed by atoms with Crippen molar-refractivity contribution in [2.24, 2.45) is 5.41 Å². The third-order valence-corrected chi connectivity index (χ3v) is 11.1. The van der Waals surface area contributed by atoms with Crippen LogP contribution in [-0.2, 0) is 58.4 Å². The maximum Gasteiger partial charge on any atom is 0.354 e. The smallest absolute Gasteiger partial charge is 0.354 e. The van der Waals surface area contributed by atoms with Gasteiger partial charge in [0.2, 0.25) is 5.91 Å². The molecule has 22 nitrogen and oxygen atoms in total. The highest BCUT2D eigenvalue weighted by atomic mass is 16.5. The lowest BCUT2D eigenvalue weighted by molar-refractivity contribution is -0.125. The summed E-state index contributed by atoms with van der Waals surface area (Å²) in [7, 11) is 0. The van der Waals surface area contributed by atoms with Crippen LogP contribution in [-0.4, -0.2) is 129 Å². The molecule has 0 aliphatic rings. The highest BCUT2D eigenvalue weighted by Gasteiger charge is 2.25. The van der Waals surface area contributed by atoms with Crippen molar-refractivity contribution in [2.75, 3.05) is 26.4 Å². The van der Waals surface area contributed by atoms with E-state index in [0.717, 1.165) is 0 Å². The summed E-state index contributed by atoms with van der Waals surface area (Å²) in [6.07, 6.45) is 1.98. The number of nitrogens with one attached hydrogen (secondary N) is 2. The minimum Gasteiger partial charge on any atom is -0.484 e. The van der Waals surface area contributed by atoms with Gasteiger partial charge in [0.25, 0.3) is 5.91 Å². The molecule has 2 amide bonds. The Balaban J connectivity index is 1.40. The first-order chi connectivity index (χ1) is 35.5. The minimum absolute atomic E-state index is 0.0363. The van der Waals surface area contributed by atoms with Gasteiger partial charge in [-0.2, -0.15) is 0 Å². The maximum atomic E-state index is 13.4. The van der Waals surface area contributed by atoms with Gasteiger partial charge >= 0.3 is 23.9 Å². The molecule has 0 saturated heterocycles. The van der Waals surface area contributed by atoms with E-state index < -0.39 is 47.3 Å². The number of ketones is 1. The Hall–Kier alpha value is -8.08. The Labute approximate surface area is 433 Å². The molecule has 398 valence electrons. The molecule has 0 fully saturated rings. The van der Waals surface area contributed by atoms with Crippen LogP contribution in [0.1, 0.15) is 136 Å². The van der Waals surface area contributed by atoms with E-state index in [1.807, 2.05) is 37.5 Å². The van der Waals surface area contributed by atoms with Crippen molar-refractivity contribution in [3.05, 3.63) is 142 Å². The molecule has 75 heavy (non-hydrogen) atoms. The van der Waals surface area contributed by atoms with E-state index in [4.69, 9.17) is 14.5 Å². The second-order valence-corrected chi connectivity index (χ2v) is 19.4. The second-order valence-electron chi connectivity index (χ2n) is 19.4. The third kappa shape index (κ3) is 20.4. The largest absolute Gasteiger partial charge is 0.484 e. The van der Waals surface area contributed by atoms with Gasteiger partial charge in [0.1, 0.15) is 34.3 Å². The number of rotatable bonds is 31. The number of unbranched alkanes of at least 4 members (excludes halogenated alkanes) is 1. The molecular formula is C53H63N9O13. The first-order valence-electron chi connectivity index (χ1n) is 24.0. The zero-order chi connectivity index (χ0) is 54.7. The van der Waals surface area contributed by atoms with Crippen molar-refractivity contribution in [3.63, 3.8) is 0 Å². The fourth-order valence-corrected chi connectivity index (χ4v) is 7.63. The fourth-order valence-electron chi connectivity index (χ4n) is 7.63. The summed E-state index contributed by atoms with van der Waals surface area (Å²) in [6, 6.07) is 21.5. The predicted molar refractivity (Wildman–Crippen MR) is 269 cm³/mol. The Morgan fingerprint density at radius 2 is 0.907 bits per heavy atom. The lowest BCUT2D eigenvalue weighted by atomic mass is 9.94. The summed E-state index contributed by atoms with van der Waals surface area (Å²) in [5.74, 6) is -5.19. The van der Waals surface area contributed by atoms with Crippen LogP contribution < -0.4 is 15.4 Å². The quantitative estimate of drug-likeness (QED) is 0.0301. The number of Topliss-reactive ketones (excluding diaryl/α,β-unsaturated/α-hetero) is 1. The minimum atomic E-state index is -1.23. The van der Waals surface area contributed by atoms with Gasteiger partial charge < -0.3 is 45.3 Å². The van der Waals surface area contributed by atoms with Crippen molar-refractivity contribution < 1.29 is 63.5 Å². The van der Waals surface area contributed by atoms with Crippen molar-refractivity contribution >= 4 is 41.5 Å². The van der Waals surface area contributed by atoms with E-state index >= 15 is 0 Å². The van der Waals surface area contributed by atoms with Gasteiger partial charge in [-0.15, -0.1) is 0 Å². The third-order valence-electron chi connectivity index (χ3n) is 11.1. The molecule has 0 radical (unpaired) electrons. The number of pyridine rings is 5. The van der Waals surface area contributed by atoms with Crippen LogP contribution in [0.4, 0.5) is 0 Å². The molecule has 22 heteroatoms. The number of aromatic carboxylic acids is 4. The molecule has 0 bridgehead atoms. The molecule has 0 unspecified atom stereocenters. The number of nitrogens with zero attached hydrogens (tertiary/aromatic N) is 7. The van der Waals surface area contributed by atoms with Gasteiger partial charge in [0.05, 0.1) is 52.9 Å². The van der Waals surface area contributed by atoms with Crippen LogP contribution in [0.5, 0.6) is 5.75 Å². The number of hydrogen-bond acceptors (Lipinski definition) is 16. The molecule has 0 aliphatic carbocycles. The molecular weight excluding hydrogens is 971 g/mol. The van der Waals surface area contributed by atoms with Crippen LogP contribution in [0.25, 0.3) is 0 Å². The van der Waals surface area contributed by atoms with Gasteiger partial charge in [0, 0.05) is 76.2 Å². The van der Waals surface area contributed by atoms with E-state index in [9.17, 15) is 54.0 Å². The van der Waals surface area contributed by atoms with Crippen molar-refractivity contribution in [2.45, 2.75) is 105 Å². The van der Waals surface area contributed by atoms with Crippen molar-refractivity contribution in [3.8, 4) is 5.75 Å². The number of ether oxygens (including phenoxy) is 2. The number of carboxylic acid groups (broad SMARTS) is 4.